The van der Waals surface area contributed by atoms with Gasteiger partial charge in [0, 0.05) is 13.2 Å². The minimum atomic E-state index is -1.10. The van der Waals surface area contributed by atoms with Crippen LogP contribution in [0, 0.1) is 11.8 Å². The van der Waals surface area contributed by atoms with Gasteiger partial charge in [0.05, 0.1) is 44.4 Å². The van der Waals surface area contributed by atoms with Crippen LogP contribution in [0.15, 0.2) is 0 Å². The van der Waals surface area contributed by atoms with E-state index in [0.717, 1.165) is 45.1 Å². The van der Waals surface area contributed by atoms with E-state index >= 15 is 0 Å². The molecule has 216 valence electrons. The number of halogens is 1. The molecule has 0 spiro atoms. The van der Waals surface area contributed by atoms with Gasteiger partial charge < -0.3 is 33.5 Å². The molecule has 0 radical (unpaired) electrons. The molecule has 4 fully saturated rings. The largest absolute Gasteiger partial charge is 0.469 e. The van der Waals surface area contributed by atoms with Gasteiger partial charge in [-0.1, -0.05) is 7.43 Å². The second kappa shape index (κ2) is 16.6. The number of carbonyl (C=O) groups excluding carboxylic acids is 2. The van der Waals surface area contributed by atoms with Crippen molar-refractivity contribution in [2.45, 2.75) is 122 Å². The third-order valence-electron chi connectivity index (χ3n) is 7.47. The summed E-state index contributed by atoms with van der Waals surface area (Å²) in [5.74, 6) is -1.07. The van der Waals surface area contributed by atoms with Gasteiger partial charge in [-0.3, -0.25) is 9.59 Å². The van der Waals surface area contributed by atoms with Crippen molar-refractivity contribution in [3.8, 4) is 0 Å². The van der Waals surface area contributed by atoms with E-state index in [-0.39, 0.29) is 56.3 Å². The van der Waals surface area contributed by atoms with Crippen molar-refractivity contribution in [1.29, 1.82) is 0 Å². The van der Waals surface area contributed by atoms with Crippen LogP contribution >= 0.6 is 0 Å². The van der Waals surface area contributed by atoms with E-state index in [1.54, 1.807) is 0 Å². The molecule has 0 amide bonds. The van der Waals surface area contributed by atoms with E-state index in [2.05, 4.69) is 4.74 Å². The predicted molar refractivity (Wildman–Crippen MR) is 133 cm³/mol. The third-order valence-corrected chi connectivity index (χ3v) is 7.47. The molecule has 4 rings (SSSR count). The summed E-state index contributed by atoms with van der Waals surface area (Å²) >= 11 is 0. The van der Waals surface area contributed by atoms with Crippen LogP contribution in [0.3, 0.4) is 0 Å². The van der Waals surface area contributed by atoms with E-state index in [4.69, 9.17) is 23.7 Å². The molecular formula is C27H47FO9. The summed E-state index contributed by atoms with van der Waals surface area (Å²) in [6.07, 6.45) is 6.42. The molecular weight excluding hydrogens is 487 g/mol. The average molecular weight is 535 g/mol. The molecule has 2 saturated heterocycles. The lowest BCUT2D eigenvalue weighted by atomic mass is 9.85. The molecule has 0 aromatic rings. The van der Waals surface area contributed by atoms with Crippen molar-refractivity contribution in [3.05, 3.63) is 0 Å². The summed E-state index contributed by atoms with van der Waals surface area (Å²) in [6.45, 7) is 1.43. The quantitative estimate of drug-likeness (QED) is 0.504. The second-order valence-corrected chi connectivity index (χ2v) is 10.1. The maximum Gasteiger partial charge on any atom is 0.308 e. The minimum absolute atomic E-state index is 0. The molecule has 0 bridgehead atoms. The van der Waals surface area contributed by atoms with Gasteiger partial charge in [-0.2, -0.15) is 0 Å². The Bertz CT molecular complexity index is 610. The normalized spacial score (nSPS) is 36.2. The van der Waals surface area contributed by atoms with Gasteiger partial charge in [0.1, 0.15) is 6.17 Å². The number of esters is 2. The summed E-state index contributed by atoms with van der Waals surface area (Å²) in [4.78, 5) is 22.8. The number of rotatable bonds is 6. The van der Waals surface area contributed by atoms with E-state index in [9.17, 15) is 19.1 Å². The zero-order chi connectivity index (χ0) is 25.9. The van der Waals surface area contributed by atoms with Crippen LogP contribution in [-0.4, -0.2) is 81.5 Å². The fourth-order valence-corrected chi connectivity index (χ4v) is 5.31. The number of carbonyl (C=O) groups is 2. The Morgan fingerprint density at radius 2 is 1.22 bits per heavy atom. The molecule has 10 heteroatoms. The number of hydrogen-bond acceptors (Lipinski definition) is 9. The minimum Gasteiger partial charge on any atom is -0.469 e. The van der Waals surface area contributed by atoms with Gasteiger partial charge in [-0.05, 0) is 77.0 Å². The van der Waals surface area contributed by atoms with Crippen LogP contribution in [-0.2, 0) is 38.0 Å². The monoisotopic (exact) mass is 534 g/mol. The first-order valence-corrected chi connectivity index (χ1v) is 13.4. The molecule has 37 heavy (non-hydrogen) atoms. The molecule has 2 aliphatic heterocycles. The molecule has 2 aliphatic carbocycles. The highest BCUT2D eigenvalue weighted by Gasteiger charge is 2.37. The highest BCUT2D eigenvalue weighted by molar-refractivity contribution is 5.72. The summed E-state index contributed by atoms with van der Waals surface area (Å²) in [5.41, 5.74) is 0. The van der Waals surface area contributed by atoms with Crippen LogP contribution in [0.2, 0.25) is 0 Å². The Morgan fingerprint density at radius 1 is 0.730 bits per heavy atom. The van der Waals surface area contributed by atoms with Crippen molar-refractivity contribution in [3.63, 3.8) is 0 Å². The number of alkyl halides is 1. The van der Waals surface area contributed by atoms with Crippen LogP contribution < -0.4 is 0 Å². The van der Waals surface area contributed by atoms with E-state index < -0.39 is 18.4 Å². The first-order valence-electron chi connectivity index (χ1n) is 13.4. The maximum absolute atomic E-state index is 14.0. The van der Waals surface area contributed by atoms with E-state index in [1.807, 2.05) is 0 Å². The fraction of sp³-hybridized carbons (Fsp3) is 0.926. The summed E-state index contributed by atoms with van der Waals surface area (Å²) in [6, 6.07) is 0. The van der Waals surface area contributed by atoms with Crippen LogP contribution in [0.5, 0.6) is 0 Å². The van der Waals surface area contributed by atoms with Crippen molar-refractivity contribution in [2.75, 3.05) is 27.4 Å². The van der Waals surface area contributed by atoms with Gasteiger partial charge in [-0.25, -0.2) is 4.39 Å². The maximum atomic E-state index is 14.0. The lowest BCUT2D eigenvalue weighted by Crippen LogP contribution is -2.41. The standard InChI is InChI=1S/C13H21FO4.C13H22O5.CH4/c2*1-16-13(15)9-5-6-11(10(14)8-9)18-12-4-2-3-7-17-12;/h9-12H,2-8H2,1H3;9-12,14H,2-8H2,1H3;1H4/t9-,10+,11-,12?;9-,10-,11-,12?;/m00./s1. The number of ether oxygens (including phenoxy) is 6. The summed E-state index contributed by atoms with van der Waals surface area (Å²) < 4.78 is 45.7. The van der Waals surface area contributed by atoms with Gasteiger partial charge in [0.15, 0.2) is 12.6 Å². The molecule has 9 nitrogen and oxygen atoms in total. The molecule has 2 unspecified atom stereocenters. The van der Waals surface area contributed by atoms with Crippen LogP contribution in [0.1, 0.15) is 84.5 Å². The fourth-order valence-electron chi connectivity index (χ4n) is 5.31. The molecule has 4 aliphatic rings. The van der Waals surface area contributed by atoms with E-state index in [0.29, 0.717) is 38.7 Å². The number of methoxy groups -OCH3 is 2. The SMILES string of the molecule is C.COC(=O)[C@H]1CC[C@H](OC2CCCCO2)[C@@H](O)C1.COC(=O)[C@H]1CC[C@H](OC2CCCCO2)[C@H](F)C1. The Hall–Kier alpha value is -1.33. The highest BCUT2D eigenvalue weighted by Crippen LogP contribution is 2.32. The van der Waals surface area contributed by atoms with Crippen molar-refractivity contribution >= 4 is 11.9 Å². The van der Waals surface area contributed by atoms with Crippen molar-refractivity contribution < 1.29 is 47.5 Å². The molecule has 0 aromatic carbocycles. The summed E-state index contributed by atoms with van der Waals surface area (Å²) in [7, 11) is 2.72. The summed E-state index contributed by atoms with van der Waals surface area (Å²) in [5, 5.41) is 10.0. The van der Waals surface area contributed by atoms with Crippen LogP contribution in [0.25, 0.3) is 0 Å². The van der Waals surface area contributed by atoms with E-state index in [1.165, 1.54) is 14.2 Å². The van der Waals surface area contributed by atoms with Crippen LogP contribution in [0.4, 0.5) is 4.39 Å². The van der Waals surface area contributed by atoms with Gasteiger partial charge in [0.25, 0.3) is 0 Å². The van der Waals surface area contributed by atoms with Crippen molar-refractivity contribution in [1.82, 2.24) is 0 Å². The lowest BCUT2D eigenvalue weighted by molar-refractivity contribution is -0.216. The van der Waals surface area contributed by atoms with Gasteiger partial charge in [-0.15, -0.1) is 0 Å². The molecule has 8 atom stereocenters. The Kier molecular flexibility index (Phi) is 14.3. The highest BCUT2D eigenvalue weighted by atomic mass is 19.1. The zero-order valence-electron chi connectivity index (χ0n) is 21.6. The number of hydrogen-bond donors (Lipinski definition) is 1. The zero-order valence-corrected chi connectivity index (χ0v) is 21.6. The third kappa shape index (κ3) is 10.1. The van der Waals surface area contributed by atoms with Crippen molar-refractivity contribution in [2.24, 2.45) is 11.8 Å². The molecule has 1 N–H and O–H groups in total. The Morgan fingerprint density at radius 3 is 1.65 bits per heavy atom. The molecule has 2 heterocycles. The second-order valence-electron chi connectivity index (χ2n) is 10.1. The first-order chi connectivity index (χ1) is 17.4. The predicted octanol–water partition coefficient (Wildman–Crippen LogP) is 4.08. The first kappa shape index (κ1) is 31.9. The average Bonchev–Trinajstić information content (AvgIpc) is 2.91. The van der Waals surface area contributed by atoms with Gasteiger partial charge >= 0.3 is 11.9 Å². The smallest absolute Gasteiger partial charge is 0.308 e. The topological polar surface area (TPSA) is 110 Å². The Labute approximate surface area is 220 Å². The Balaban J connectivity index is 0.000000253. The molecule has 0 aromatic heterocycles. The number of aliphatic hydroxyl groups is 1. The van der Waals surface area contributed by atoms with Gasteiger partial charge in [0.2, 0.25) is 0 Å². The lowest BCUT2D eigenvalue weighted by Gasteiger charge is -2.35. The molecule has 2 saturated carbocycles. The number of aliphatic hydroxyl groups excluding tert-OH is 1.